The molecule has 0 spiro atoms. The SMILES string of the molecule is CCOC(=O)CNC(C#N)c1ccncc1. The lowest BCUT2D eigenvalue weighted by atomic mass is 10.1. The number of nitriles is 1. The van der Waals surface area contributed by atoms with Crippen molar-refractivity contribution >= 4 is 5.97 Å². The van der Waals surface area contributed by atoms with Gasteiger partial charge in [-0.2, -0.15) is 5.26 Å². The normalized spacial score (nSPS) is 11.5. The maximum absolute atomic E-state index is 11.1. The van der Waals surface area contributed by atoms with Crippen LogP contribution >= 0.6 is 0 Å². The molecule has 0 aliphatic heterocycles. The molecule has 16 heavy (non-hydrogen) atoms. The van der Waals surface area contributed by atoms with Gasteiger partial charge in [0.2, 0.25) is 0 Å². The summed E-state index contributed by atoms with van der Waals surface area (Å²) >= 11 is 0. The standard InChI is InChI=1S/C11H13N3O2/c1-2-16-11(15)8-14-10(7-12)9-3-5-13-6-4-9/h3-6,10,14H,2,8H2,1H3. The van der Waals surface area contributed by atoms with Crippen LogP contribution in [0.15, 0.2) is 24.5 Å². The molecule has 1 rings (SSSR count). The number of hydrogen-bond donors (Lipinski definition) is 1. The lowest BCUT2D eigenvalue weighted by molar-refractivity contribution is -0.142. The number of nitrogens with one attached hydrogen (secondary N) is 1. The fourth-order valence-corrected chi connectivity index (χ4v) is 1.19. The van der Waals surface area contributed by atoms with Crippen LogP contribution in [0.2, 0.25) is 0 Å². The number of ether oxygens (including phenoxy) is 1. The number of esters is 1. The zero-order valence-corrected chi connectivity index (χ0v) is 9.01. The molecule has 5 nitrogen and oxygen atoms in total. The first kappa shape index (κ1) is 12.1. The highest BCUT2D eigenvalue weighted by molar-refractivity contribution is 5.71. The zero-order valence-electron chi connectivity index (χ0n) is 9.01. The third-order valence-corrected chi connectivity index (χ3v) is 1.92. The second kappa shape index (κ2) is 6.53. The Kier molecular flexibility index (Phi) is 4.96. The van der Waals surface area contributed by atoms with E-state index in [1.165, 1.54) is 0 Å². The van der Waals surface area contributed by atoms with Crippen LogP contribution in [0.3, 0.4) is 0 Å². The van der Waals surface area contributed by atoms with Crippen molar-refractivity contribution < 1.29 is 9.53 Å². The Bertz CT molecular complexity index is 373. The van der Waals surface area contributed by atoms with Gasteiger partial charge in [-0.05, 0) is 24.6 Å². The smallest absolute Gasteiger partial charge is 0.319 e. The number of rotatable bonds is 5. The average molecular weight is 219 g/mol. The third kappa shape index (κ3) is 3.67. The number of carbonyl (C=O) groups excluding carboxylic acids is 1. The van der Waals surface area contributed by atoms with E-state index in [0.717, 1.165) is 5.56 Å². The summed E-state index contributed by atoms with van der Waals surface area (Å²) in [4.78, 5) is 14.9. The van der Waals surface area contributed by atoms with Crippen molar-refractivity contribution in [3.63, 3.8) is 0 Å². The third-order valence-electron chi connectivity index (χ3n) is 1.92. The lowest BCUT2D eigenvalue weighted by Crippen LogP contribution is -2.28. The van der Waals surface area contributed by atoms with E-state index in [1.807, 2.05) is 0 Å². The van der Waals surface area contributed by atoms with Crippen LogP contribution in [-0.2, 0) is 9.53 Å². The van der Waals surface area contributed by atoms with Crippen LogP contribution in [0.25, 0.3) is 0 Å². The number of aromatic nitrogens is 1. The summed E-state index contributed by atoms with van der Waals surface area (Å²) < 4.78 is 4.75. The van der Waals surface area contributed by atoms with Crippen LogP contribution in [0, 0.1) is 11.3 Å². The summed E-state index contributed by atoms with van der Waals surface area (Å²) in [5.41, 5.74) is 0.779. The van der Waals surface area contributed by atoms with Gasteiger partial charge in [0.15, 0.2) is 0 Å². The molecule has 0 aliphatic rings. The summed E-state index contributed by atoms with van der Waals surface area (Å²) in [7, 11) is 0. The van der Waals surface area contributed by atoms with Gasteiger partial charge in [0.05, 0.1) is 19.2 Å². The second-order valence-electron chi connectivity index (χ2n) is 3.03. The Balaban J connectivity index is 2.51. The molecule has 0 radical (unpaired) electrons. The molecule has 1 heterocycles. The van der Waals surface area contributed by atoms with Gasteiger partial charge in [0.1, 0.15) is 6.04 Å². The van der Waals surface area contributed by atoms with Crippen molar-refractivity contribution in [2.75, 3.05) is 13.2 Å². The van der Waals surface area contributed by atoms with Crippen molar-refractivity contribution in [2.24, 2.45) is 0 Å². The van der Waals surface area contributed by atoms with Crippen molar-refractivity contribution in [1.82, 2.24) is 10.3 Å². The maximum Gasteiger partial charge on any atom is 0.319 e. The first-order valence-corrected chi connectivity index (χ1v) is 4.96. The number of nitrogens with zero attached hydrogens (tertiary/aromatic N) is 2. The second-order valence-corrected chi connectivity index (χ2v) is 3.03. The molecule has 0 bridgehead atoms. The predicted molar refractivity (Wildman–Crippen MR) is 57.2 cm³/mol. The predicted octanol–water partition coefficient (Wildman–Crippen LogP) is 0.799. The minimum atomic E-state index is -0.521. The zero-order chi connectivity index (χ0) is 11.8. The van der Waals surface area contributed by atoms with E-state index >= 15 is 0 Å². The van der Waals surface area contributed by atoms with E-state index in [0.29, 0.717) is 6.61 Å². The maximum atomic E-state index is 11.1. The number of hydrogen-bond acceptors (Lipinski definition) is 5. The van der Waals surface area contributed by atoms with Crippen molar-refractivity contribution in [3.05, 3.63) is 30.1 Å². The monoisotopic (exact) mass is 219 g/mol. The summed E-state index contributed by atoms with van der Waals surface area (Å²) in [6, 6.07) is 5.00. The van der Waals surface area contributed by atoms with Gasteiger partial charge >= 0.3 is 5.97 Å². The highest BCUT2D eigenvalue weighted by atomic mass is 16.5. The first-order chi connectivity index (χ1) is 7.77. The van der Waals surface area contributed by atoms with E-state index in [2.05, 4.69) is 16.4 Å². The molecule has 84 valence electrons. The minimum absolute atomic E-state index is 0.0222. The molecule has 1 unspecified atom stereocenters. The number of pyridine rings is 1. The molecular weight excluding hydrogens is 206 g/mol. The van der Waals surface area contributed by atoms with Gasteiger partial charge in [-0.25, -0.2) is 0 Å². The Labute approximate surface area is 94.1 Å². The molecular formula is C11H13N3O2. The van der Waals surface area contributed by atoms with Gasteiger partial charge in [-0.1, -0.05) is 0 Å². The van der Waals surface area contributed by atoms with Crippen LogP contribution in [0.1, 0.15) is 18.5 Å². The summed E-state index contributed by atoms with van der Waals surface area (Å²) in [6.07, 6.45) is 3.21. The Morgan fingerprint density at radius 1 is 1.62 bits per heavy atom. The van der Waals surface area contributed by atoms with Gasteiger partial charge in [-0.15, -0.1) is 0 Å². The number of carbonyl (C=O) groups is 1. The van der Waals surface area contributed by atoms with Crippen LogP contribution in [-0.4, -0.2) is 24.1 Å². The molecule has 0 aromatic carbocycles. The Hall–Kier alpha value is -1.93. The van der Waals surface area contributed by atoms with E-state index in [-0.39, 0.29) is 12.5 Å². The van der Waals surface area contributed by atoms with Gasteiger partial charge in [0.25, 0.3) is 0 Å². The highest BCUT2D eigenvalue weighted by Gasteiger charge is 2.11. The molecule has 1 aromatic heterocycles. The molecule has 1 atom stereocenters. The molecule has 1 aromatic rings. The lowest BCUT2D eigenvalue weighted by Gasteiger charge is -2.10. The van der Waals surface area contributed by atoms with Crippen molar-refractivity contribution in [3.8, 4) is 6.07 Å². The quantitative estimate of drug-likeness (QED) is 0.741. The molecule has 1 N–H and O–H groups in total. The minimum Gasteiger partial charge on any atom is -0.465 e. The highest BCUT2D eigenvalue weighted by Crippen LogP contribution is 2.09. The van der Waals surface area contributed by atoms with Crippen LogP contribution in [0.5, 0.6) is 0 Å². The first-order valence-electron chi connectivity index (χ1n) is 4.96. The fraction of sp³-hybridized carbons (Fsp3) is 0.364. The van der Waals surface area contributed by atoms with Gasteiger partial charge in [0, 0.05) is 12.4 Å². The van der Waals surface area contributed by atoms with Gasteiger partial charge in [-0.3, -0.25) is 15.1 Å². The van der Waals surface area contributed by atoms with E-state index < -0.39 is 6.04 Å². The molecule has 0 fully saturated rings. The molecule has 5 heteroatoms. The fourth-order valence-electron chi connectivity index (χ4n) is 1.19. The largest absolute Gasteiger partial charge is 0.465 e. The van der Waals surface area contributed by atoms with E-state index in [1.54, 1.807) is 31.5 Å². The van der Waals surface area contributed by atoms with E-state index in [4.69, 9.17) is 10.00 Å². The van der Waals surface area contributed by atoms with Crippen molar-refractivity contribution in [2.45, 2.75) is 13.0 Å². The molecule has 0 saturated heterocycles. The summed E-state index contributed by atoms with van der Waals surface area (Å²) in [6.45, 7) is 2.10. The molecule has 0 amide bonds. The summed E-state index contributed by atoms with van der Waals surface area (Å²) in [5.74, 6) is -0.364. The summed E-state index contributed by atoms with van der Waals surface area (Å²) in [5, 5.41) is 11.7. The van der Waals surface area contributed by atoms with Crippen molar-refractivity contribution in [1.29, 1.82) is 5.26 Å². The van der Waals surface area contributed by atoms with Crippen LogP contribution in [0.4, 0.5) is 0 Å². The molecule has 0 aliphatic carbocycles. The Morgan fingerprint density at radius 2 is 2.31 bits per heavy atom. The molecule has 0 saturated carbocycles. The van der Waals surface area contributed by atoms with Crippen LogP contribution < -0.4 is 5.32 Å². The Morgan fingerprint density at radius 3 is 2.88 bits per heavy atom. The topological polar surface area (TPSA) is 75.0 Å². The average Bonchev–Trinajstić information content (AvgIpc) is 2.31. The van der Waals surface area contributed by atoms with E-state index in [9.17, 15) is 4.79 Å². The van der Waals surface area contributed by atoms with Gasteiger partial charge < -0.3 is 4.74 Å².